The van der Waals surface area contributed by atoms with Gasteiger partial charge in [0.15, 0.2) is 12.4 Å². The highest BCUT2D eigenvalue weighted by Crippen LogP contribution is 2.49. The maximum atomic E-state index is 12.5. The molecule has 0 unspecified atom stereocenters. The summed E-state index contributed by atoms with van der Waals surface area (Å²) in [5.41, 5.74) is -0.791. The van der Waals surface area contributed by atoms with Crippen LogP contribution in [0.3, 0.4) is 0 Å². The number of hydrogen-bond acceptors (Lipinski definition) is 11. The minimum atomic E-state index is -1.67. The maximum Gasteiger partial charge on any atom is 0.331 e. The van der Waals surface area contributed by atoms with Crippen molar-refractivity contribution in [3.8, 4) is 5.75 Å². The normalized spacial score (nSPS) is 38.2. The minimum Gasteiger partial charge on any atom is -0.508 e. The fraction of sp³-hybridized carbons (Fsp3) is 0.520. The molecule has 1 aromatic carbocycles. The summed E-state index contributed by atoms with van der Waals surface area (Å²) >= 11 is 0. The average molecular weight is 507 g/mol. The zero-order valence-electron chi connectivity index (χ0n) is 19.5. The molecule has 0 amide bonds. The maximum absolute atomic E-state index is 12.5. The summed E-state index contributed by atoms with van der Waals surface area (Å²) in [6, 6.07) is 6.03. The molecule has 2 heterocycles. The van der Waals surface area contributed by atoms with Crippen molar-refractivity contribution in [2.24, 2.45) is 11.8 Å². The van der Waals surface area contributed by atoms with E-state index in [-0.39, 0.29) is 17.2 Å². The van der Waals surface area contributed by atoms with Crippen LogP contribution in [0.4, 0.5) is 0 Å². The second-order valence-corrected chi connectivity index (χ2v) is 9.33. The monoisotopic (exact) mass is 506 g/mol. The van der Waals surface area contributed by atoms with Crippen LogP contribution in [-0.2, 0) is 28.5 Å². The molecule has 0 radical (unpaired) electrons. The number of benzene rings is 1. The lowest BCUT2D eigenvalue weighted by Crippen LogP contribution is -2.62. The van der Waals surface area contributed by atoms with Crippen molar-refractivity contribution in [1.82, 2.24) is 0 Å². The van der Waals surface area contributed by atoms with Crippen molar-refractivity contribution in [3.05, 3.63) is 47.7 Å². The Morgan fingerprint density at radius 2 is 1.92 bits per heavy atom. The van der Waals surface area contributed by atoms with Crippen LogP contribution >= 0.6 is 0 Å². The van der Waals surface area contributed by atoms with Crippen molar-refractivity contribution >= 4 is 18.3 Å². The lowest BCUT2D eigenvalue weighted by Gasteiger charge is -2.45. The SMILES string of the molecule is C[C@@H]1CC[C@]2(O)C(C=O)=CO[C@@H](O[C@@H]3O[C@H](CO)[C@@H](O)[C@H](O)[C@H]3OC(=O)C=Cc3ccc(O)cc3)[C@H]12. The topological polar surface area (TPSA) is 172 Å². The van der Waals surface area contributed by atoms with E-state index in [9.17, 15) is 35.1 Å². The standard InChI is InChI=1S/C25H30O11/c1-13-8-9-25(32)15(10-26)12-33-23(19(13)25)36-24-22(21(31)20(30)17(11-27)34-24)35-18(29)7-4-14-2-5-16(28)6-3-14/h2-7,10,12-13,17,19-24,27-28,30-32H,8-9,11H2,1H3/t13-,17-,19+,20-,21+,22-,23+,24+,25+/m1/s1. The molecule has 36 heavy (non-hydrogen) atoms. The third-order valence-corrected chi connectivity index (χ3v) is 7.04. The first-order valence-corrected chi connectivity index (χ1v) is 11.7. The summed E-state index contributed by atoms with van der Waals surface area (Å²) in [4.78, 5) is 24.0. The number of aliphatic hydroxyl groups is 4. The van der Waals surface area contributed by atoms with E-state index in [1.807, 2.05) is 6.92 Å². The number of phenolic OH excluding ortho intramolecular Hbond substituents is 1. The third kappa shape index (κ3) is 5.03. The number of rotatable bonds is 7. The molecule has 1 aliphatic carbocycles. The summed E-state index contributed by atoms with van der Waals surface area (Å²) in [7, 11) is 0. The summed E-state index contributed by atoms with van der Waals surface area (Å²) < 4.78 is 22.5. The highest BCUT2D eigenvalue weighted by Gasteiger charge is 2.57. The van der Waals surface area contributed by atoms with Gasteiger partial charge in [0.1, 0.15) is 29.7 Å². The Bertz CT molecular complexity index is 1010. The number of carbonyl (C=O) groups is 2. The van der Waals surface area contributed by atoms with Gasteiger partial charge in [-0.3, -0.25) is 4.79 Å². The van der Waals surface area contributed by atoms with Crippen LogP contribution in [0.5, 0.6) is 5.75 Å². The van der Waals surface area contributed by atoms with Gasteiger partial charge in [0.25, 0.3) is 0 Å². The van der Waals surface area contributed by atoms with E-state index in [1.54, 1.807) is 12.1 Å². The Morgan fingerprint density at radius 3 is 2.58 bits per heavy atom. The predicted molar refractivity (Wildman–Crippen MR) is 122 cm³/mol. The Balaban J connectivity index is 1.54. The Kier molecular flexibility index (Phi) is 7.79. The quantitative estimate of drug-likeness (QED) is 0.191. The third-order valence-electron chi connectivity index (χ3n) is 7.04. The summed E-state index contributed by atoms with van der Waals surface area (Å²) in [6.07, 6.45) is -3.51. The number of aldehydes is 1. The molecule has 9 atom stereocenters. The number of aliphatic hydroxyl groups excluding tert-OH is 3. The van der Waals surface area contributed by atoms with Gasteiger partial charge in [-0.2, -0.15) is 0 Å². The van der Waals surface area contributed by atoms with Crippen molar-refractivity contribution in [3.63, 3.8) is 0 Å². The Hall–Kier alpha value is -2.80. The fourth-order valence-corrected chi connectivity index (χ4v) is 5.01. The molecule has 196 valence electrons. The van der Waals surface area contributed by atoms with Crippen LogP contribution < -0.4 is 0 Å². The molecular formula is C25H30O11. The molecule has 0 bridgehead atoms. The van der Waals surface area contributed by atoms with E-state index in [1.165, 1.54) is 18.2 Å². The number of phenols is 1. The zero-order valence-corrected chi connectivity index (χ0v) is 19.5. The molecular weight excluding hydrogens is 476 g/mol. The van der Waals surface area contributed by atoms with Gasteiger partial charge >= 0.3 is 5.97 Å². The lowest BCUT2D eigenvalue weighted by atomic mass is 9.80. The molecule has 0 aromatic heterocycles. The highest BCUT2D eigenvalue weighted by molar-refractivity contribution is 5.87. The molecule has 4 rings (SSSR count). The lowest BCUT2D eigenvalue weighted by molar-refractivity contribution is -0.347. The van der Waals surface area contributed by atoms with Gasteiger partial charge < -0.3 is 44.5 Å². The molecule has 11 heteroatoms. The van der Waals surface area contributed by atoms with Gasteiger partial charge in [0.05, 0.1) is 24.4 Å². The first kappa shape index (κ1) is 26.3. The molecule has 1 saturated heterocycles. The van der Waals surface area contributed by atoms with Crippen molar-refractivity contribution in [2.75, 3.05) is 6.61 Å². The number of ether oxygens (including phenoxy) is 4. The second-order valence-electron chi connectivity index (χ2n) is 9.33. The summed E-state index contributed by atoms with van der Waals surface area (Å²) in [5.74, 6) is -1.58. The highest BCUT2D eigenvalue weighted by atomic mass is 16.8. The van der Waals surface area contributed by atoms with E-state index >= 15 is 0 Å². The van der Waals surface area contributed by atoms with E-state index in [4.69, 9.17) is 18.9 Å². The van der Waals surface area contributed by atoms with Crippen LogP contribution in [0, 0.1) is 11.8 Å². The smallest absolute Gasteiger partial charge is 0.331 e. The van der Waals surface area contributed by atoms with Gasteiger partial charge in [-0.15, -0.1) is 0 Å². The second kappa shape index (κ2) is 10.7. The number of carbonyl (C=O) groups excluding carboxylic acids is 2. The molecule has 5 N–H and O–H groups in total. The molecule has 3 aliphatic rings. The fourth-order valence-electron chi connectivity index (χ4n) is 5.01. The van der Waals surface area contributed by atoms with Gasteiger partial charge in [0.2, 0.25) is 12.6 Å². The van der Waals surface area contributed by atoms with Crippen molar-refractivity contribution < 1.29 is 54.1 Å². The summed E-state index contributed by atoms with van der Waals surface area (Å²) in [6.45, 7) is 1.22. The molecule has 2 fully saturated rings. The number of aromatic hydroxyl groups is 1. The van der Waals surface area contributed by atoms with Crippen LogP contribution in [0.15, 0.2) is 42.2 Å². The van der Waals surface area contributed by atoms with Gasteiger partial charge in [-0.05, 0) is 42.5 Å². The predicted octanol–water partition coefficient (Wildman–Crippen LogP) is -0.0109. The van der Waals surface area contributed by atoms with Crippen LogP contribution in [0.25, 0.3) is 6.08 Å². The van der Waals surface area contributed by atoms with Crippen molar-refractivity contribution in [1.29, 1.82) is 0 Å². The van der Waals surface area contributed by atoms with Crippen LogP contribution in [-0.4, -0.2) is 87.0 Å². The minimum absolute atomic E-state index is 0.0631. The number of hydrogen-bond donors (Lipinski definition) is 5. The molecule has 11 nitrogen and oxygen atoms in total. The number of fused-ring (bicyclic) bond motifs is 1. The van der Waals surface area contributed by atoms with Crippen LogP contribution in [0.1, 0.15) is 25.3 Å². The van der Waals surface area contributed by atoms with Crippen LogP contribution in [0.2, 0.25) is 0 Å². The molecule has 1 saturated carbocycles. The van der Waals surface area contributed by atoms with E-state index in [0.717, 1.165) is 12.3 Å². The largest absolute Gasteiger partial charge is 0.508 e. The van der Waals surface area contributed by atoms with Gasteiger partial charge in [-0.25, -0.2) is 4.79 Å². The van der Waals surface area contributed by atoms with Crippen molar-refractivity contribution in [2.45, 2.75) is 62.4 Å². The molecule has 1 aromatic rings. The molecule has 2 aliphatic heterocycles. The average Bonchev–Trinajstić information content (AvgIpc) is 3.18. The first-order chi connectivity index (χ1) is 17.2. The van der Waals surface area contributed by atoms with Gasteiger partial charge in [0, 0.05) is 6.08 Å². The molecule has 0 spiro atoms. The van der Waals surface area contributed by atoms with E-state index in [0.29, 0.717) is 24.7 Å². The van der Waals surface area contributed by atoms with E-state index in [2.05, 4.69) is 0 Å². The number of esters is 1. The Labute approximate surface area is 207 Å². The Morgan fingerprint density at radius 1 is 1.19 bits per heavy atom. The van der Waals surface area contributed by atoms with E-state index < -0.39 is 61.1 Å². The van der Waals surface area contributed by atoms with Gasteiger partial charge in [-0.1, -0.05) is 19.1 Å². The summed E-state index contributed by atoms with van der Waals surface area (Å²) in [5, 5.41) is 51.2. The first-order valence-electron chi connectivity index (χ1n) is 11.7. The zero-order chi connectivity index (χ0) is 26.0.